The molecule has 1 aliphatic rings. The number of aliphatic imine (C=N–C) groups is 1. The van der Waals surface area contributed by atoms with E-state index < -0.39 is 34.3 Å². The molecule has 2 atom stereocenters. The van der Waals surface area contributed by atoms with E-state index in [1.54, 1.807) is 12.1 Å². The number of nitrogens with zero attached hydrogens (tertiary/aromatic N) is 1. The van der Waals surface area contributed by atoms with E-state index in [1.807, 2.05) is 51.1 Å². The number of benzene rings is 2. The number of aromatic amines is 2. The number of nitrogens with one attached hydrogen (secondary N) is 4. The van der Waals surface area contributed by atoms with Crippen LogP contribution in [0.25, 0.3) is 0 Å². The van der Waals surface area contributed by atoms with Gasteiger partial charge < -0.3 is 15.7 Å². The van der Waals surface area contributed by atoms with E-state index in [9.17, 15) is 24.3 Å². The van der Waals surface area contributed by atoms with Gasteiger partial charge >= 0.3 is 5.69 Å². The van der Waals surface area contributed by atoms with Crippen LogP contribution in [0, 0.1) is 20.8 Å². The first kappa shape index (κ1) is 25.0. The van der Waals surface area contributed by atoms with Crippen LogP contribution in [0.5, 0.6) is 5.88 Å². The second-order valence-electron chi connectivity index (χ2n) is 8.58. The molecule has 11 heteroatoms. The summed E-state index contributed by atoms with van der Waals surface area (Å²) in [4.78, 5) is 58.1. The van der Waals surface area contributed by atoms with E-state index in [4.69, 9.17) is 0 Å². The Hall–Kier alpha value is -4.12. The zero-order chi connectivity index (χ0) is 26.0. The number of hydrogen-bond acceptors (Lipinski definition) is 7. The van der Waals surface area contributed by atoms with Gasteiger partial charge in [0.05, 0.1) is 0 Å². The second-order valence-corrected chi connectivity index (χ2v) is 9.78. The van der Waals surface area contributed by atoms with Crippen molar-refractivity contribution in [2.75, 3.05) is 5.32 Å². The minimum atomic E-state index is -1.02. The average molecular weight is 508 g/mol. The molecule has 3 aromatic rings. The number of H-pyrrole nitrogens is 2. The lowest BCUT2D eigenvalue weighted by Crippen LogP contribution is -2.29. The molecule has 0 radical (unpaired) electrons. The van der Waals surface area contributed by atoms with Gasteiger partial charge in [-0.1, -0.05) is 59.3 Å². The summed E-state index contributed by atoms with van der Waals surface area (Å²) in [6, 6.07) is 11.8. The zero-order valence-electron chi connectivity index (χ0n) is 19.8. The van der Waals surface area contributed by atoms with Crippen LogP contribution in [0.1, 0.15) is 40.3 Å². The molecular formula is C25H25N5O5S. The highest BCUT2D eigenvalue weighted by molar-refractivity contribution is 8.15. The van der Waals surface area contributed by atoms with Gasteiger partial charge in [0.15, 0.2) is 5.17 Å². The molecule has 1 aliphatic heterocycles. The summed E-state index contributed by atoms with van der Waals surface area (Å²) in [5.41, 5.74) is 2.38. The fourth-order valence-corrected chi connectivity index (χ4v) is 4.83. The molecule has 0 unspecified atom stereocenters. The lowest BCUT2D eigenvalue weighted by Gasteiger charge is -2.15. The van der Waals surface area contributed by atoms with Crippen LogP contribution in [-0.4, -0.2) is 37.3 Å². The number of amides is 2. The molecule has 4 rings (SSSR count). The highest BCUT2D eigenvalue weighted by Crippen LogP contribution is 2.32. The zero-order valence-corrected chi connectivity index (χ0v) is 20.7. The number of carbonyl (C=O) groups excluding carboxylic acids is 2. The molecule has 0 aliphatic carbocycles. The molecule has 2 heterocycles. The minimum absolute atomic E-state index is 0.0808. The van der Waals surface area contributed by atoms with Gasteiger partial charge in [-0.05, 0) is 38.0 Å². The van der Waals surface area contributed by atoms with Crippen LogP contribution < -0.4 is 21.9 Å². The Bertz CT molecular complexity index is 1480. The number of aryl methyl sites for hydroxylation is 3. The van der Waals surface area contributed by atoms with Gasteiger partial charge in [0.2, 0.25) is 17.7 Å². The average Bonchev–Trinajstić information content (AvgIpc) is 3.13. The Balaban J connectivity index is 1.58. The van der Waals surface area contributed by atoms with Gasteiger partial charge in [-0.3, -0.25) is 24.4 Å². The second kappa shape index (κ2) is 10.2. The molecule has 36 heavy (non-hydrogen) atoms. The quantitative estimate of drug-likeness (QED) is 0.345. The van der Waals surface area contributed by atoms with E-state index >= 15 is 0 Å². The normalized spacial score (nSPS) is 17.1. The van der Waals surface area contributed by atoms with Crippen LogP contribution in [0.15, 0.2) is 57.0 Å². The van der Waals surface area contributed by atoms with Gasteiger partial charge in [0.25, 0.3) is 5.56 Å². The number of aromatic hydroxyl groups is 1. The maximum atomic E-state index is 12.6. The minimum Gasteiger partial charge on any atom is -0.494 e. The van der Waals surface area contributed by atoms with Gasteiger partial charge in [0.1, 0.15) is 16.9 Å². The molecular weight excluding hydrogens is 482 g/mol. The number of amidine groups is 1. The number of rotatable bonds is 6. The third kappa shape index (κ3) is 5.57. The summed E-state index contributed by atoms with van der Waals surface area (Å²) >= 11 is 1.06. The van der Waals surface area contributed by atoms with E-state index in [-0.39, 0.29) is 23.1 Å². The first-order valence-corrected chi connectivity index (χ1v) is 12.0. The molecule has 10 nitrogen and oxygen atoms in total. The topological polar surface area (TPSA) is 157 Å². The smallest absolute Gasteiger partial charge is 0.328 e. The van der Waals surface area contributed by atoms with E-state index in [2.05, 4.69) is 25.6 Å². The van der Waals surface area contributed by atoms with E-state index in [0.717, 1.165) is 28.5 Å². The summed E-state index contributed by atoms with van der Waals surface area (Å²) in [6.07, 6.45) is -0.0808. The van der Waals surface area contributed by atoms with Crippen molar-refractivity contribution in [3.63, 3.8) is 0 Å². The van der Waals surface area contributed by atoms with E-state index in [1.165, 1.54) is 0 Å². The van der Waals surface area contributed by atoms with Crippen LogP contribution in [0.2, 0.25) is 0 Å². The van der Waals surface area contributed by atoms with Crippen molar-refractivity contribution in [1.29, 1.82) is 0 Å². The van der Waals surface area contributed by atoms with Crippen molar-refractivity contribution in [2.24, 2.45) is 4.99 Å². The summed E-state index contributed by atoms with van der Waals surface area (Å²) < 4.78 is 0. The maximum Gasteiger partial charge on any atom is 0.328 e. The van der Waals surface area contributed by atoms with Gasteiger partial charge in [-0.25, -0.2) is 9.79 Å². The molecule has 1 saturated heterocycles. The highest BCUT2D eigenvalue weighted by Gasteiger charge is 2.34. The van der Waals surface area contributed by atoms with Crippen LogP contribution in [0.4, 0.5) is 5.69 Å². The largest absolute Gasteiger partial charge is 0.494 e. The SMILES string of the molecule is Cc1ccc([C@H](N=C2NC(=O)[C@@H](CC(=O)Nc3ccc(C)cc3C)S2)c2c(O)[nH]c(=O)[nH]c2=O)cc1. The van der Waals surface area contributed by atoms with Crippen LogP contribution in [0.3, 0.4) is 0 Å². The number of hydrogen-bond donors (Lipinski definition) is 5. The Labute approximate surface area is 210 Å². The Morgan fingerprint density at radius 2 is 1.75 bits per heavy atom. The molecule has 0 saturated carbocycles. The van der Waals surface area contributed by atoms with Crippen molar-refractivity contribution in [3.05, 3.63) is 91.1 Å². The van der Waals surface area contributed by atoms with Gasteiger partial charge in [-0.15, -0.1) is 0 Å². The van der Waals surface area contributed by atoms with Crippen molar-refractivity contribution in [2.45, 2.75) is 38.5 Å². The summed E-state index contributed by atoms with van der Waals surface area (Å²) in [6.45, 7) is 5.75. The monoisotopic (exact) mass is 507 g/mol. The number of thioether (sulfide) groups is 1. The maximum absolute atomic E-state index is 12.6. The van der Waals surface area contributed by atoms with Crippen molar-refractivity contribution in [3.8, 4) is 5.88 Å². The summed E-state index contributed by atoms with van der Waals surface area (Å²) in [7, 11) is 0. The van der Waals surface area contributed by atoms with E-state index in [0.29, 0.717) is 11.3 Å². The van der Waals surface area contributed by atoms with Gasteiger partial charge in [0, 0.05) is 12.1 Å². The Kier molecular flexibility index (Phi) is 7.11. The van der Waals surface area contributed by atoms with Crippen molar-refractivity contribution >= 4 is 34.4 Å². The predicted octanol–water partition coefficient (Wildman–Crippen LogP) is 2.40. The molecule has 1 fully saturated rings. The standard InChI is InChI=1S/C25H25N5O5S/c1-12-4-7-15(8-5-12)20(19-22(33)28-24(35)29-23(19)34)27-25-30-21(32)17(36-25)11-18(31)26-16-9-6-13(2)10-14(16)3/h4-10,17,20H,11H2,1-3H3,(H,26,31)(H,27,30,32)(H3,28,29,33,34,35)/t17-,20+/m1/s1. The van der Waals surface area contributed by atoms with Crippen LogP contribution in [-0.2, 0) is 9.59 Å². The Morgan fingerprint density at radius 1 is 1.06 bits per heavy atom. The lowest BCUT2D eigenvalue weighted by atomic mass is 10.00. The third-order valence-corrected chi connectivity index (χ3v) is 6.77. The van der Waals surface area contributed by atoms with Gasteiger partial charge in [-0.2, -0.15) is 0 Å². The number of aromatic nitrogens is 2. The van der Waals surface area contributed by atoms with Crippen molar-refractivity contribution < 1.29 is 14.7 Å². The number of carbonyl (C=O) groups is 2. The highest BCUT2D eigenvalue weighted by atomic mass is 32.2. The molecule has 186 valence electrons. The first-order valence-electron chi connectivity index (χ1n) is 11.1. The third-order valence-electron chi connectivity index (χ3n) is 5.67. The lowest BCUT2D eigenvalue weighted by molar-refractivity contribution is -0.122. The fourth-order valence-electron chi connectivity index (χ4n) is 3.83. The predicted molar refractivity (Wildman–Crippen MR) is 138 cm³/mol. The molecule has 0 bridgehead atoms. The van der Waals surface area contributed by atoms with Crippen molar-refractivity contribution in [1.82, 2.24) is 15.3 Å². The Morgan fingerprint density at radius 3 is 2.42 bits per heavy atom. The molecule has 2 aromatic carbocycles. The summed E-state index contributed by atoms with van der Waals surface area (Å²) in [5.74, 6) is -1.32. The summed E-state index contributed by atoms with van der Waals surface area (Å²) in [5, 5.41) is 15.3. The number of anilines is 1. The first-order chi connectivity index (χ1) is 17.1. The fraction of sp³-hybridized carbons (Fsp3) is 0.240. The molecule has 5 N–H and O–H groups in total. The molecule has 0 spiro atoms. The molecule has 1 aromatic heterocycles. The molecule has 2 amide bonds. The van der Waals surface area contributed by atoms with Crippen LogP contribution >= 0.6 is 11.8 Å².